The number of hydrogen-bond acceptors (Lipinski definition) is 6. The van der Waals surface area contributed by atoms with E-state index < -0.39 is 5.41 Å². The second kappa shape index (κ2) is 6.32. The zero-order valence-corrected chi connectivity index (χ0v) is 14.6. The molecule has 0 spiro atoms. The van der Waals surface area contributed by atoms with Crippen molar-refractivity contribution in [3.8, 4) is 11.5 Å². The highest BCUT2D eigenvalue weighted by molar-refractivity contribution is 8.04. The van der Waals surface area contributed by atoms with Crippen LogP contribution in [0.15, 0.2) is 44.5 Å². The summed E-state index contributed by atoms with van der Waals surface area (Å²) in [5.41, 5.74) is 0.122. The largest absolute Gasteiger partial charge is 0.461 e. The van der Waals surface area contributed by atoms with Gasteiger partial charge in [-0.25, -0.2) is 0 Å². The fraction of sp³-hybridized carbons (Fsp3) is 0.353. The summed E-state index contributed by atoms with van der Waals surface area (Å²) in [5.74, 6) is 1.35. The average Bonchev–Trinajstić information content (AvgIpc) is 3.22. The van der Waals surface area contributed by atoms with E-state index in [0.717, 1.165) is 0 Å². The van der Waals surface area contributed by atoms with Crippen LogP contribution in [0.4, 0.5) is 0 Å². The predicted molar refractivity (Wildman–Crippen MR) is 89.8 cm³/mol. The van der Waals surface area contributed by atoms with Crippen molar-refractivity contribution < 1.29 is 18.5 Å². The molecule has 1 aliphatic heterocycles. The Labute approximate surface area is 143 Å². The van der Waals surface area contributed by atoms with E-state index >= 15 is 0 Å². The van der Waals surface area contributed by atoms with Crippen molar-refractivity contribution in [3.05, 3.63) is 41.3 Å². The third kappa shape index (κ3) is 3.46. The molecule has 1 amide bonds. The SMILES string of the molecule is CC(C)(C)C(=O)/C=C1\SCC(=O)N1Cc1cc(-c2ccco2)on1. The van der Waals surface area contributed by atoms with Crippen LogP contribution in [0, 0.1) is 5.41 Å². The second-order valence-corrected chi connectivity index (χ2v) is 7.52. The summed E-state index contributed by atoms with van der Waals surface area (Å²) >= 11 is 1.37. The van der Waals surface area contributed by atoms with Gasteiger partial charge in [0, 0.05) is 17.6 Å². The van der Waals surface area contributed by atoms with Gasteiger partial charge >= 0.3 is 0 Å². The van der Waals surface area contributed by atoms with Gasteiger partial charge in [0.1, 0.15) is 5.69 Å². The number of aromatic nitrogens is 1. The molecule has 7 heteroatoms. The molecule has 1 aliphatic rings. The second-order valence-electron chi connectivity index (χ2n) is 6.53. The first-order valence-corrected chi connectivity index (χ1v) is 8.52. The Bertz CT molecular complexity index is 784. The minimum atomic E-state index is -0.481. The Morgan fingerprint density at radius 2 is 2.21 bits per heavy atom. The molecule has 3 rings (SSSR count). The Balaban J connectivity index is 1.78. The molecule has 1 saturated heterocycles. The molecule has 0 atom stereocenters. The first-order chi connectivity index (χ1) is 11.3. The number of thioether (sulfide) groups is 1. The molecule has 2 aromatic rings. The maximum absolute atomic E-state index is 12.2. The van der Waals surface area contributed by atoms with Gasteiger partial charge in [-0.2, -0.15) is 0 Å². The Kier molecular flexibility index (Phi) is 4.36. The normalized spacial score (nSPS) is 17.0. The van der Waals surface area contributed by atoms with Crippen molar-refractivity contribution >= 4 is 23.5 Å². The van der Waals surface area contributed by atoms with E-state index in [2.05, 4.69) is 5.16 Å². The Morgan fingerprint density at radius 1 is 1.42 bits per heavy atom. The van der Waals surface area contributed by atoms with E-state index in [1.54, 1.807) is 35.4 Å². The van der Waals surface area contributed by atoms with Crippen LogP contribution in [0.3, 0.4) is 0 Å². The van der Waals surface area contributed by atoms with Gasteiger partial charge in [0.15, 0.2) is 11.5 Å². The van der Waals surface area contributed by atoms with Crippen LogP contribution in [0.5, 0.6) is 0 Å². The molecule has 0 aromatic carbocycles. The first-order valence-electron chi connectivity index (χ1n) is 7.53. The molecular weight excluding hydrogens is 328 g/mol. The zero-order chi connectivity index (χ0) is 17.3. The van der Waals surface area contributed by atoms with Crippen molar-refractivity contribution in [2.75, 3.05) is 5.75 Å². The summed E-state index contributed by atoms with van der Waals surface area (Å²) in [5, 5.41) is 4.64. The van der Waals surface area contributed by atoms with E-state index in [1.807, 2.05) is 20.8 Å². The van der Waals surface area contributed by atoms with Crippen molar-refractivity contribution in [2.45, 2.75) is 27.3 Å². The molecule has 0 unspecified atom stereocenters. The molecule has 6 nitrogen and oxygen atoms in total. The van der Waals surface area contributed by atoms with E-state index in [4.69, 9.17) is 8.94 Å². The summed E-state index contributed by atoms with van der Waals surface area (Å²) in [6, 6.07) is 5.27. The number of ketones is 1. The lowest BCUT2D eigenvalue weighted by Gasteiger charge is -2.18. The van der Waals surface area contributed by atoms with Gasteiger partial charge in [0.25, 0.3) is 0 Å². The van der Waals surface area contributed by atoms with Crippen LogP contribution in [-0.2, 0) is 16.1 Å². The van der Waals surface area contributed by atoms with Gasteiger partial charge in [-0.3, -0.25) is 14.5 Å². The monoisotopic (exact) mass is 346 g/mol. The third-order valence-corrected chi connectivity index (χ3v) is 4.57. The molecule has 24 heavy (non-hydrogen) atoms. The summed E-state index contributed by atoms with van der Waals surface area (Å²) in [6.07, 6.45) is 3.10. The lowest BCUT2D eigenvalue weighted by atomic mass is 9.91. The molecule has 3 heterocycles. The quantitative estimate of drug-likeness (QED) is 0.789. The number of amides is 1. The van der Waals surface area contributed by atoms with Crippen LogP contribution >= 0.6 is 11.8 Å². The number of carbonyl (C=O) groups is 2. The van der Waals surface area contributed by atoms with Crippen LogP contribution in [-0.4, -0.2) is 27.5 Å². The van der Waals surface area contributed by atoms with Gasteiger partial charge in [-0.1, -0.05) is 37.7 Å². The smallest absolute Gasteiger partial charge is 0.238 e. The fourth-order valence-corrected chi connectivity index (χ4v) is 3.05. The maximum Gasteiger partial charge on any atom is 0.238 e. The lowest BCUT2D eigenvalue weighted by molar-refractivity contribution is -0.125. The van der Waals surface area contributed by atoms with Crippen LogP contribution in [0.2, 0.25) is 0 Å². The average molecular weight is 346 g/mol. The van der Waals surface area contributed by atoms with E-state index in [9.17, 15) is 9.59 Å². The van der Waals surface area contributed by atoms with E-state index in [1.165, 1.54) is 11.8 Å². The molecule has 2 aromatic heterocycles. The summed E-state index contributed by atoms with van der Waals surface area (Å²) in [4.78, 5) is 25.9. The summed E-state index contributed by atoms with van der Waals surface area (Å²) < 4.78 is 10.5. The standard InChI is InChI=1S/C17H18N2O4S/c1-17(2,3)14(20)8-16-19(15(21)10-24-16)9-11-7-13(23-18-11)12-5-4-6-22-12/h4-8H,9-10H2,1-3H3/b16-8-. The number of rotatable bonds is 4. The molecule has 0 saturated carbocycles. The highest BCUT2D eigenvalue weighted by Gasteiger charge is 2.30. The summed E-state index contributed by atoms with van der Waals surface area (Å²) in [6.45, 7) is 5.82. The highest BCUT2D eigenvalue weighted by Crippen LogP contribution is 2.32. The Morgan fingerprint density at radius 3 is 2.88 bits per heavy atom. The zero-order valence-electron chi connectivity index (χ0n) is 13.7. The molecular formula is C17H18N2O4S. The number of furan rings is 1. The van der Waals surface area contributed by atoms with Gasteiger partial charge in [0.2, 0.25) is 11.7 Å². The number of allylic oxidation sites excluding steroid dienone is 1. The van der Waals surface area contributed by atoms with Crippen molar-refractivity contribution in [2.24, 2.45) is 5.41 Å². The van der Waals surface area contributed by atoms with Crippen LogP contribution in [0.1, 0.15) is 26.5 Å². The first kappa shape index (κ1) is 16.6. The van der Waals surface area contributed by atoms with Gasteiger partial charge in [-0.15, -0.1) is 0 Å². The van der Waals surface area contributed by atoms with Crippen molar-refractivity contribution in [1.29, 1.82) is 0 Å². The highest BCUT2D eigenvalue weighted by atomic mass is 32.2. The number of hydrogen-bond donors (Lipinski definition) is 0. The molecule has 0 N–H and O–H groups in total. The van der Waals surface area contributed by atoms with Gasteiger partial charge in [-0.05, 0) is 12.1 Å². The molecule has 1 fully saturated rings. The van der Waals surface area contributed by atoms with Crippen LogP contribution in [0.25, 0.3) is 11.5 Å². The Hall–Kier alpha value is -2.28. The summed E-state index contributed by atoms with van der Waals surface area (Å²) in [7, 11) is 0. The van der Waals surface area contributed by atoms with E-state index in [-0.39, 0.29) is 18.2 Å². The molecule has 0 aliphatic carbocycles. The van der Waals surface area contributed by atoms with Crippen LogP contribution < -0.4 is 0 Å². The van der Waals surface area contributed by atoms with Gasteiger partial charge < -0.3 is 8.94 Å². The minimum Gasteiger partial charge on any atom is -0.461 e. The molecule has 126 valence electrons. The maximum atomic E-state index is 12.2. The van der Waals surface area contributed by atoms with Crippen molar-refractivity contribution in [3.63, 3.8) is 0 Å². The van der Waals surface area contributed by atoms with E-state index in [0.29, 0.717) is 28.0 Å². The lowest BCUT2D eigenvalue weighted by Crippen LogP contribution is -2.26. The predicted octanol–water partition coefficient (Wildman–Crippen LogP) is 3.47. The molecule has 0 bridgehead atoms. The molecule has 0 radical (unpaired) electrons. The third-order valence-electron chi connectivity index (χ3n) is 3.55. The number of nitrogens with zero attached hydrogens (tertiary/aromatic N) is 2. The van der Waals surface area contributed by atoms with Gasteiger partial charge in [0.05, 0.1) is 23.6 Å². The minimum absolute atomic E-state index is 0.0128. The number of carbonyl (C=O) groups excluding carboxylic acids is 2. The fourth-order valence-electron chi connectivity index (χ4n) is 2.11. The van der Waals surface area contributed by atoms with Crippen molar-refractivity contribution in [1.82, 2.24) is 10.1 Å². The topological polar surface area (TPSA) is 76.6 Å².